The van der Waals surface area contributed by atoms with Gasteiger partial charge in [0, 0.05) is 17.1 Å². The van der Waals surface area contributed by atoms with E-state index < -0.39 is 0 Å². The van der Waals surface area contributed by atoms with Crippen molar-refractivity contribution in [2.75, 3.05) is 0 Å². The first-order valence-corrected chi connectivity index (χ1v) is 9.51. The zero-order chi connectivity index (χ0) is 18.9. The zero-order valence-electron chi connectivity index (χ0n) is 15.7. The minimum atomic E-state index is 0.933. The second kappa shape index (κ2) is 6.82. The summed E-state index contributed by atoms with van der Waals surface area (Å²) in [6.45, 7) is 2.17. The number of nitrogens with zero attached hydrogens (tertiary/aromatic N) is 2. The SMILES string of the molecule is Cc1cccc2c(-c3ccccc3)c(-c3ccccc3)n(-c3ccccn3)c12. The van der Waals surface area contributed by atoms with Gasteiger partial charge in [0.2, 0.25) is 0 Å². The van der Waals surface area contributed by atoms with E-state index in [1.54, 1.807) is 0 Å². The van der Waals surface area contributed by atoms with Crippen molar-refractivity contribution in [1.29, 1.82) is 0 Å². The first-order chi connectivity index (χ1) is 13.8. The third kappa shape index (κ3) is 2.62. The first kappa shape index (κ1) is 16.5. The van der Waals surface area contributed by atoms with Crippen molar-refractivity contribution in [3.8, 4) is 28.2 Å². The molecule has 28 heavy (non-hydrogen) atoms. The maximum Gasteiger partial charge on any atom is 0.137 e. The molecule has 0 saturated carbocycles. The Morgan fingerprint density at radius 3 is 2.00 bits per heavy atom. The first-order valence-electron chi connectivity index (χ1n) is 9.51. The highest BCUT2D eigenvalue weighted by molar-refractivity contribution is 6.06. The Morgan fingerprint density at radius 2 is 1.32 bits per heavy atom. The maximum absolute atomic E-state index is 4.70. The molecule has 0 aliphatic rings. The molecule has 0 unspecified atom stereocenters. The Morgan fingerprint density at radius 1 is 0.643 bits per heavy atom. The van der Waals surface area contributed by atoms with Crippen molar-refractivity contribution >= 4 is 10.9 Å². The molecule has 5 rings (SSSR count). The number of aromatic nitrogens is 2. The molecule has 2 aromatic heterocycles. The highest BCUT2D eigenvalue weighted by Crippen LogP contribution is 2.43. The minimum Gasteiger partial charge on any atom is -0.293 e. The van der Waals surface area contributed by atoms with Crippen LogP contribution in [0.15, 0.2) is 103 Å². The molecule has 0 aliphatic carbocycles. The van der Waals surface area contributed by atoms with E-state index in [0.717, 1.165) is 5.82 Å². The van der Waals surface area contributed by atoms with Gasteiger partial charge in [-0.1, -0.05) is 84.9 Å². The standard InChI is InChI=1S/C26H20N2/c1-19-11-10-16-22-24(20-12-4-2-5-13-20)26(21-14-6-3-7-15-21)28(25(19)22)23-17-8-9-18-27-23/h2-18H,1H3. The van der Waals surface area contributed by atoms with Crippen molar-refractivity contribution in [1.82, 2.24) is 9.55 Å². The lowest BCUT2D eigenvalue weighted by atomic mass is 9.98. The molecule has 0 saturated heterocycles. The second-order valence-electron chi connectivity index (χ2n) is 6.95. The molecule has 2 heterocycles. The van der Waals surface area contributed by atoms with Gasteiger partial charge in [0.25, 0.3) is 0 Å². The van der Waals surface area contributed by atoms with Crippen molar-refractivity contribution in [3.05, 3.63) is 109 Å². The van der Waals surface area contributed by atoms with E-state index in [9.17, 15) is 0 Å². The molecule has 0 radical (unpaired) electrons. The van der Waals surface area contributed by atoms with Gasteiger partial charge in [0.05, 0.1) is 11.2 Å². The van der Waals surface area contributed by atoms with Gasteiger partial charge in [-0.15, -0.1) is 0 Å². The van der Waals surface area contributed by atoms with E-state index in [1.807, 2.05) is 18.3 Å². The Hall–Kier alpha value is -3.65. The number of benzene rings is 3. The van der Waals surface area contributed by atoms with Gasteiger partial charge in [-0.05, 0) is 35.7 Å². The molecule has 0 fully saturated rings. The largest absolute Gasteiger partial charge is 0.293 e. The lowest BCUT2D eigenvalue weighted by Crippen LogP contribution is -2.00. The average Bonchev–Trinajstić information content (AvgIpc) is 3.12. The van der Waals surface area contributed by atoms with Crippen LogP contribution in [0.5, 0.6) is 0 Å². The Kier molecular flexibility index (Phi) is 4.02. The summed E-state index contributed by atoms with van der Waals surface area (Å²) in [5, 5.41) is 1.25. The van der Waals surface area contributed by atoms with Gasteiger partial charge in [-0.2, -0.15) is 0 Å². The summed E-state index contributed by atoms with van der Waals surface area (Å²) in [5.41, 5.74) is 7.27. The summed E-state index contributed by atoms with van der Waals surface area (Å²) >= 11 is 0. The predicted octanol–water partition coefficient (Wildman–Crippen LogP) is 6.67. The normalized spacial score (nSPS) is 11.0. The monoisotopic (exact) mass is 360 g/mol. The minimum absolute atomic E-state index is 0.933. The number of hydrogen-bond donors (Lipinski definition) is 0. The molecular weight excluding hydrogens is 340 g/mol. The predicted molar refractivity (Wildman–Crippen MR) is 117 cm³/mol. The van der Waals surface area contributed by atoms with Gasteiger partial charge >= 0.3 is 0 Å². The number of hydrogen-bond acceptors (Lipinski definition) is 1. The van der Waals surface area contributed by atoms with Crippen LogP contribution in [0, 0.1) is 6.92 Å². The third-order valence-corrected chi connectivity index (χ3v) is 5.18. The molecular formula is C26H20N2. The van der Waals surface area contributed by atoms with Crippen LogP contribution >= 0.6 is 0 Å². The van der Waals surface area contributed by atoms with Crippen LogP contribution in [0.25, 0.3) is 39.1 Å². The summed E-state index contributed by atoms with van der Waals surface area (Å²) in [6, 6.07) is 33.9. The van der Waals surface area contributed by atoms with Crippen molar-refractivity contribution < 1.29 is 0 Å². The van der Waals surface area contributed by atoms with Crippen molar-refractivity contribution in [3.63, 3.8) is 0 Å². The molecule has 0 amide bonds. The van der Waals surface area contributed by atoms with Crippen LogP contribution in [0.3, 0.4) is 0 Å². The Balaban J connectivity index is 2.00. The molecule has 0 bridgehead atoms. The molecule has 2 nitrogen and oxygen atoms in total. The number of para-hydroxylation sites is 1. The summed E-state index contributed by atoms with van der Waals surface area (Å²) in [4.78, 5) is 4.70. The van der Waals surface area contributed by atoms with Crippen molar-refractivity contribution in [2.45, 2.75) is 6.92 Å². The van der Waals surface area contributed by atoms with Gasteiger partial charge in [0.1, 0.15) is 5.82 Å². The fourth-order valence-electron chi connectivity index (χ4n) is 3.99. The fraction of sp³-hybridized carbons (Fsp3) is 0.0385. The molecule has 0 spiro atoms. The Labute approximate surface area is 164 Å². The molecule has 134 valence electrons. The molecule has 0 aliphatic heterocycles. The number of pyridine rings is 1. The van der Waals surface area contributed by atoms with Gasteiger partial charge in [-0.3, -0.25) is 4.57 Å². The summed E-state index contributed by atoms with van der Waals surface area (Å²) in [6.07, 6.45) is 1.86. The Bertz CT molecular complexity index is 1240. The molecule has 3 aromatic carbocycles. The fourth-order valence-corrected chi connectivity index (χ4v) is 3.99. The molecule has 5 aromatic rings. The summed E-state index contributed by atoms with van der Waals surface area (Å²) in [5.74, 6) is 0.933. The van der Waals surface area contributed by atoms with Crippen LogP contribution in [0.4, 0.5) is 0 Å². The van der Waals surface area contributed by atoms with E-state index in [4.69, 9.17) is 4.98 Å². The number of aryl methyl sites for hydroxylation is 1. The smallest absolute Gasteiger partial charge is 0.137 e. The number of rotatable bonds is 3. The van der Waals surface area contributed by atoms with E-state index in [2.05, 4.69) is 96.4 Å². The quantitative estimate of drug-likeness (QED) is 0.351. The van der Waals surface area contributed by atoms with Crippen LogP contribution in [-0.4, -0.2) is 9.55 Å². The summed E-state index contributed by atoms with van der Waals surface area (Å²) < 4.78 is 2.31. The number of fused-ring (bicyclic) bond motifs is 1. The highest BCUT2D eigenvalue weighted by atomic mass is 15.1. The lowest BCUT2D eigenvalue weighted by molar-refractivity contribution is 1.05. The average molecular weight is 360 g/mol. The van der Waals surface area contributed by atoms with Crippen molar-refractivity contribution in [2.24, 2.45) is 0 Å². The van der Waals surface area contributed by atoms with E-state index >= 15 is 0 Å². The van der Waals surface area contributed by atoms with Crippen LogP contribution in [0.2, 0.25) is 0 Å². The lowest BCUT2D eigenvalue weighted by Gasteiger charge is -2.13. The van der Waals surface area contributed by atoms with Crippen LogP contribution < -0.4 is 0 Å². The van der Waals surface area contributed by atoms with Gasteiger partial charge in [-0.25, -0.2) is 4.98 Å². The topological polar surface area (TPSA) is 17.8 Å². The van der Waals surface area contributed by atoms with Gasteiger partial charge < -0.3 is 0 Å². The van der Waals surface area contributed by atoms with Gasteiger partial charge in [0.15, 0.2) is 0 Å². The second-order valence-corrected chi connectivity index (χ2v) is 6.95. The van der Waals surface area contributed by atoms with Crippen LogP contribution in [0.1, 0.15) is 5.56 Å². The summed E-state index contributed by atoms with van der Waals surface area (Å²) in [7, 11) is 0. The van der Waals surface area contributed by atoms with E-state index in [0.29, 0.717) is 0 Å². The molecule has 0 atom stereocenters. The highest BCUT2D eigenvalue weighted by Gasteiger charge is 2.22. The third-order valence-electron chi connectivity index (χ3n) is 5.18. The maximum atomic E-state index is 4.70. The van der Waals surface area contributed by atoms with Crippen LogP contribution in [-0.2, 0) is 0 Å². The van der Waals surface area contributed by atoms with E-state index in [-0.39, 0.29) is 0 Å². The zero-order valence-corrected chi connectivity index (χ0v) is 15.7. The molecule has 0 N–H and O–H groups in total. The molecule has 2 heteroatoms. The van der Waals surface area contributed by atoms with E-state index in [1.165, 1.54) is 38.9 Å².